The van der Waals surface area contributed by atoms with Crippen molar-refractivity contribution in [2.24, 2.45) is 11.8 Å². The van der Waals surface area contributed by atoms with Gasteiger partial charge in [0.1, 0.15) is 0 Å². The summed E-state index contributed by atoms with van der Waals surface area (Å²) in [4.78, 5) is 24.7. The maximum absolute atomic E-state index is 11.9. The summed E-state index contributed by atoms with van der Waals surface area (Å²) < 4.78 is 0. The Balaban J connectivity index is 0.00000200. The maximum atomic E-state index is 11.9. The molecule has 20 heavy (non-hydrogen) atoms. The minimum atomic E-state index is -0.746. The third-order valence-electron chi connectivity index (χ3n) is 4.37. The molecule has 0 bridgehead atoms. The van der Waals surface area contributed by atoms with Gasteiger partial charge >= 0.3 is 5.97 Å². The summed E-state index contributed by atoms with van der Waals surface area (Å²) in [7, 11) is 0. The molecular weight excluding hydrogens is 280 g/mol. The summed E-state index contributed by atoms with van der Waals surface area (Å²) in [5.41, 5.74) is 0. The normalized spacial score (nSPS) is 30.6. The molecule has 6 heteroatoms. The van der Waals surface area contributed by atoms with Crippen LogP contribution in [0.2, 0.25) is 0 Å². The summed E-state index contributed by atoms with van der Waals surface area (Å²) >= 11 is 0. The minimum absolute atomic E-state index is 0. The first-order chi connectivity index (χ1) is 9.04. The SMILES string of the molecule is CC1CCC(NC(=O)CN2CCC(C(=O)O)C2)CC1.Cl. The summed E-state index contributed by atoms with van der Waals surface area (Å²) in [5.74, 6) is -0.221. The van der Waals surface area contributed by atoms with Crippen molar-refractivity contribution in [2.75, 3.05) is 19.6 Å². The van der Waals surface area contributed by atoms with Gasteiger partial charge in [-0.2, -0.15) is 0 Å². The lowest BCUT2D eigenvalue weighted by Crippen LogP contribution is -2.43. The average molecular weight is 305 g/mol. The van der Waals surface area contributed by atoms with Crippen molar-refractivity contribution < 1.29 is 14.7 Å². The first kappa shape index (κ1) is 17.2. The van der Waals surface area contributed by atoms with Crippen LogP contribution in [0.25, 0.3) is 0 Å². The topological polar surface area (TPSA) is 69.6 Å². The second-order valence-electron chi connectivity index (χ2n) is 6.08. The molecule has 116 valence electrons. The van der Waals surface area contributed by atoms with Crippen molar-refractivity contribution in [3.63, 3.8) is 0 Å². The van der Waals surface area contributed by atoms with E-state index in [0.717, 1.165) is 18.8 Å². The summed E-state index contributed by atoms with van der Waals surface area (Å²) in [5, 5.41) is 12.0. The molecule has 1 aliphatic heterocycles. The fourth-order valence-electron chi connectivity index (χ4n) is 3.06. The van der Waals surface area contributed by atoms with Gasteiger partial charge in [-0.15, -0.1) is 12.4 Å². The second kappa shape index (κ2) is 7.84. The molecule has 0 aromatic heterocycles. The van der Waals surface area contributed by atoms with E-state index in [4.69, 9.17) is 5.11 Å². The Morgan fingerprint density at radius 2 is 1.85 bits per heavy atom. The van der Waals surface area contributed by atoms with Crippen LogP contribution in [0.5, 0.6) is 0 Å². The van der Waals surface area contributed by atoms with E-state index in [-0.39, 0.29) is 24.2 Å². The van der Waals surface area contributed by atoms with Crippen LogP contribution in [-0.2, 0) is 9.59 Å². The minimum Gasteiger partial charge on any atom is -0.481 e. The van der Waals surface area contributed by atoms with Gasteiger partial charge in [-0.25, -0.2) is 0 Å². The number of carboxylic acid groups (broad SMARTS) is 1. The molecule has 2 aliphatic rings. The van der Waals surface area contributed by atoms with E-state index in [1.54, 1.807) is 0 Å². The van der Waals surface area contributed by atoms with E-state index in [2.05, 4.69) is 12.2 Å². The Bertz CT molecular complexity index is 343. The van der Waals surface area contributed by atoms with E-state index in [1.165, 1.54) is 12.8 Å². The first-order valence-corrected chi connectivity index (χ1v) is 7.29. The highest BCUT2D eigenvalue weighted by atomic mass is 35.5. The van der Waals surface area contributed by atoms with Crippen LogP contribution in [0.15, 0.2) is 0 Å². The van der Waals surface area contributed by atoms with Gasteiger partial charge in [0.25, 0.3) is 0 Å². The molecular formula is C14H25ClN2O3. The van der Waals surface area contributed by atoms with E-state index in [9.17, 15) is 9.59 Å². The Labute approximate surface area is 126 Å². The largest absolute Gasteiger partial charge is 0.481 e. The molecule has 2 N–H and O–H groups in total. The van der Waals surface area contributed by atoms with E-state index in [0.29, 0.717) is 32.1 Å². The third kappa shape index (κ3) is 4.94. The summed E-state index contributed by atoms with van der Waals surface area (Å²) in [6, 6.07) is 0.321. The van der Waals surface area contributed by atoms with E-state index >= 15 is 0 Å². The van der Waals surface area contributed by atoms with Crippen molar-refractivity contribution in [1.29, 1.82) is 0 Å². The highest BCUT2D eigenvalue weighted by molar-refractivity contribution is 5.85. The van der Waals surface area contributed by atoms with Gasteiger partial charge in [0.05, 0.1) is 12.5 Å². The molecule has 2 fully saturated rings. The number of rotatable bonds is 4. The number of carboxylic acids is 1. The summed E-state index contributed by atoms with van der Waals surface area (Å²) in [6.45, 7) is 3.82. The van der Waals surface area contributed by atoms with Gasteiger partial charge in [-0.05, 0) is 44.6 Å². The molecule has 0 aromatic carbocycles. The molecule has 1 atom stereocenters. The van der Waals surface area contributed by atoms with E-state index < -0.39 is 5.97 Å². The zero-order valence-corrected chi connectivity index (χ0v) is 12.8. The van der Waals surface area contributed by atoms with Crippen molar-refractivity contribution in [2.45, 2.75) is 45.1 Å². The number of carbonyl (C=O) groups excluding carboxylic acids is 1. The first-order valence-electron chi connectivity index (χ1n) is 7.29. The molecule has 2 rings (SSSR count). The lowest BCUT2D eigenvalue weighted by atomic mass is 9.87. The zero-order valence-electron chi connectivity index (χ0n) is 12.0. The van der Waals surface area contributed by atoms with Crippen LogP contribution in [-0.4, -0.2) is 47.6 Å². The standard InChI is InChI=1S/C14H24N2O3.ClH/c1-10-2-4-12(5-3-10)15-13(17)9-16-7-6-11(8-16)14(18)19;/h10-12H,2-9H2,1H3,(H,15,17)(H,18,19);1H. The Hall–Kier alpha value is -0.810. The van der Waals surface area contributed by atoms with Crippen LogP contribution in [0.1, 0.15) is 39.0 Å². The number of amides is 1. The number of aliphatic carboxylic acids is 1. The molecule has 1 amide bonds. The van der Waals surface area contributed by atoms with Gasteiger partial charge in [0.2, 0.25) is 5.91 Å². The Kier molecular flexibility index (Phi) is 6.76. The van der Waals surface area contributed by atoms with Crippen molar-refractivity contribution >= 4 is 24.3 Å². The van der Waals surface area contributed by atoms with Crippen molar-refractivity contribution in [1.82, 2.24) is 10.2 Å². The van der Waals surface area contributed by atoms with Gasteiger partial charge < -0.3 is 10.4 Å². The predicted octanol–water partition coefficient (Wildman–Crippen LogP) is 1.51. The molecule has 1 saturated carbocycles. The highest BCUT2D eigenvalue weighted by Crippen LogP contribution is 2.23. The molecule has 1 heterocycles. The number of hydrogen-bond acceptors (Lipinski definition) is 3. The number of nitrogens with one attached hydrogen (secondary N) is 1. The maximum Gasteiger partial charge on any atom is 0.307 e. The molecule has 0 spiro atoms. The number of halogens is 1. The summed E-state index contributed by atoms with van der Waals surface area (Å²) in [6.07, 6.45) is 5.18. The number of carbonyl (C=O) groups is 2. The molecule has 1 unspecified atom stereocenters. The van der Waals surface area contributed by atoms with E-state index in [1.807, 2.05) is 4.90 Å². The quantitative estimate of drug-likeness (QED) is 0.826. The number of likely N-dealkylation sites (tertiary alicyclic amines) is 1. The third-order valence-corrected chi connectivity index (χ3v) is 4.37. The zero-order chi connectivity index (χ0) is 13.8. The molecule has 5 nitrogen and oxygen atoms in total. The average Bonchev–Trinajstić information content (AvgIpc) is 2.80. The van der Waals surface area contributed by atoms with Crippen LogP contribution in [0.3, 0.4) is 0 Å². The van der Waals surface area contributed by atoms with Crippen LogP contribution in [0.4, 0.5) is 0 Å². The molecule has 0 radical (unpaired) electrons. The molecule has 0 aromatic rings. The number of nitrogens with zero attached hydrogens (tertiary/aromatic N) is 1. The fourth-order valence-corrected chi connectivity index (χ4v) is 3.06. The lowest BCUT2D eigenvalue weighted by molar-refractivity contribution is -0.141. The van der Waals surface area contributed by atoms with Crippen molar-refractivity contribution in [3.05, 3.63) is 0 Å². The van der Waals surface area contributed by atoms with Gasteiger partial charge in [0.15, 0.2) is 0 Å². The number of hydrogen-bond donors (Lipinski definition) is 2. The smallest absolute Gasteiger partial charge is 0.307 e. The predicted molar refractivity (Wildman–Crippen MR) is 79.0 cm³/mol. The van der Waals surface area contributed by atoms with Crippen molar-refractivity contribution in [3.8, 4) is 0 Å². The van der Waals surface area contributed by atoms with Gasteiger partial charge in [-0.1, -0.05) is 6.92 Å². The van der Waals surface area contributed by atoms with Gasteiger partial charge in [0, 0.05) is 12.6 Å². The molecule has 1 saturated heterocycles. The van der Waals surface area contributed by atoms with Crippen LogP contribution in [0, 0.1) is 11.8 Å². The van der Waals surface area contributed by atoms with Crippen LogP contribution >= 0.6 is 12.4 Å². The lowest BCUT2D eigenvalue weighted by Gasteiger charge is -2.27. The highest BCUT2D eigenvalue weighted by Gasteiger charge is 2.29. The Morgan fingerprint density at radius 3 is 2.40 bits per heavy atom. The Morgan fingerprint density at radius 1 is 1.20 bits per heavy atom. The van der Waals surface area contributed by atoms with Gasteiger partial charge in [-0.3, -0.25) is 14.5 Å². The fraction of sp³-hybridized carbons (Fsp3) is 0.857. The van der Waals surface area contributed by atoms with Crippen LogP contribution < -0.4 is 5.32 Å². The molecule has 1 aliphatic carbocycles. The second-order valence-corrected chi connectivity index (χ2v) is 6.08. The monoisotopic (exact) mass is 304 g/mol.